The van der Waals surface area contributed by atoms with Crippen molar-refractivity contribution in [1.29, 1.82) is 0 Å². The Morgan fingerprint density at radius 1 is 1.37 bits per heavy atom. The summed E-state index contributed by atoms with van der Waals surface area (Å²) in [7, 11) is 3.35. The topological polar surface area (TPSA) is 54.9 Å². The van der Waals surface area contributed by atoms with Crippen LogP contribution in [0.2, 0.25) is 0 Å². The summed E-state index contributed by atoms with van der Waals surface area (Å²) < 4.78 is 10.6. The van der Waals surface area contributed by atoms with Crippen molar-refractivity contribution in [3.8, 4) is 11.5 Å². The van der Waals surface area contributed by atoms with E-state index in [4.69, 9.17) is 9.47 Å². The Kier molecular flexibility index (Phi) is 4.49. The molecule has 5 heteroatoms. The zero-order valence-corrected chi connectivity index (χ0v) is 11.7. The van der Waals surface area contributed by atoms with Crippen LogP contribution in [0.25, 0.3) is 0 Å². The monoisotopic (exact) mass is 263 g/mol. The Morgan fingerprint density at radius 2 is 2.21 bits per heavy atom. The molecule has 0 saturated carbocycles. The minimum atomic E-state index is 0.425. The molecule has 0 spiro atoms. The van der Waals surface area contributed by atoms with Crippen molar-refractivity contribution in [2.24, 2.45) is 4.99 Å². The second kappa shape index (κ2) is 6.31. The maximum atomic E-state index is 5.36. The molecule has 0 radical (unpaired) electrons. The minimum Gasteiger partial charge on any atom is -0.497 e. The molecule has 0 bridgehead atoms. The largest absolute Gasteiger partial charge is 0.497 e. The molecule has 0 aliphatic carbocycles. The van der Waals surface area contributed by atoms with E-state index in [-0.39, 0.29) is 0 Å². The second-order valence-corrected chi connectivity index (χ2v) is 4.59. The first-order chi connectivity index (χ1) is 9.22. The normalized spacial score (nSPS) is 17.6. The molecule has 1 aromatic rings. The zero-order valence-electron chi connectivity index (χ0n) is 11.7. The van der Waals surface area contributed by atoms with Crippen molar-refractivity contribution in [2.75, 3.05) is 27.3 Å². The van der Waals surface area contributed by atoms with E-state index in [1.54, 1.807) is 14.2 Å². The third-order valence-corrected chi connectivity index (χ3v) is 3.08. The summed E-state index contributed by atoms with van der Waals surface area (Å²) in [4.78, 5) is 4.36. The average Bonchev–Trinajstić information content (AvgIpc) is 2.84. The summed E-state index contributed by atoms with van der Waals surface area (Å²) in [6.07, 6.45) is 0.857. The van der Waals surface area contributed by atoms with Gasteiger partial charge in [0.1, 0.15) is 11.5 Å². The van der Waals surface area contributed by atoms with Gasteiger partial charge in [-0.15, -0.1) is 0 Å². The zero-order chi connectivity index (χ0) is 13.7. The first kappa shape index (κ1) is 13.5. The molecule has 0 saturated heterocycles. The Labute approximate surface area is 114 Å². The van der Waals surface area contributed by atoms with Gasteiger partial charge in [-0.25, -0.2) is 0 Å². The average molecular weight is 263 g/mol. The number of hydrogen-bond donors (Lipinski definition) is 2. The molecule has 1 unspecified atom stereocenters. The lowest BCUT2D eigenvalue weighted by molar-refractivity contribution is 0.398. The quantitative estimate of drug-likeness (QED) is 0.837. The molecular formula is C14H21N3O2. The number of rotatable bonds is 5. The number of guanidine groups is 1. The van der Waals surface area contributed by atoms with Gasteiger partial charge in [-0.1, -0.05) is 0 Å². The molecule has 1 aromatic carbocycles. The highest BCUT2D eigenvalue weighted by Gasteiger charge is 2.12. The number of nitrogens with one attached hydrogen (secondary N) is 2. The fraction of sp³-hybridized carbons (Fsp3) is 0.500. The van der Waals surface area contributed by atoms with Gasteiger partial charge < -0.3 is 20.1 Å². The number of nitrogens with zero attached hydrogens (tertiary/aromatic N) is 1. The molecule has 1 aliphatic heterocycles. The summed E-state index contributed by atoms with van der Waals surface area (Å²) in [5.41, 5.74) is 1.13. The van der Waals surface area contributed by atoms with Crippen LogP contribution < -0.4 is 20.1 Å². The Bertz CT molecular complexity index is 460. The summed E-state index contributed by atoms with van der Waals surface area (Å²) in [5.74, 6) is 2.62. The van der Waals surface area contributed by atoms with Crippen molar-refractivity contribution in [2.45, 2.75) is 19.4 Å². The molecule has 5 nitrogen and oxygen atoms in total. The van der Waals surface area contributed by atoms with Crippen LogP contribution in [0.5, 0.6) is 11.5 Å². The number of ether oxygens (including phenoxy) is 2. The van der Waals surface area contributed by atoms with E-state index in [1.165, 1.54) is 0 Å². The van der Waals surface area contributed by atoms with Crippen LogP contribution in [0, 0.1) is 0 Å². The fourth-order valence-electron chi connectivity index (χ4n) is 2.05. The Hall–Kier alpha value is -1.91. The van der Waals surface area contributed by atoms with Gasteiger partial charge in [-0.05, 0) is 37.1 Å². The van der Waals surface area contributed by atoms with Crippen LogP contribution in [0.3, 0.4) is 0 Å². The second-order valence-electron chi connectivity index (χ2n) is 4.59. The molecule has 0 amide bonds. The van der Waals surface area contributed by atoms with E-state index in [0.29, 0.717) is 6.04 Å². The lowest BCUT2D eigenvalue weighted by Gasteiger charge is -2.12. The predicted octanol–water partition coefficient (Wildman–Crippen LogP) is 1.18. The summed E-state index contributed by atoms with van der Waals surface area (Å²) >= 11 is 0. The van der Waals surface area contributed by atoms with Crippen molar-refractivity contribution in [1.82, 2.24) is 10.6 Å². The van der Waals surface area contributed by atoms with Crippen LogP contribution in [-0.4, -0.2) is 39.3 Å². The van der Waals surface area contributed by atoms with Crippen molar-refractivity contribution in [3.05, 3.63) is 23.8 Å². The first-order valence-electron chi connectivity index (χ1n) is 6.48. The van der Waals surface area contributed by atoms with Gasteiger partial charge in [0.15, 0.2) is 5.96 Å². The molecular weight excluding hydrogens is 242 g/mol. The minimum absolute atomic E-state index is 0.425. The van der Waals surface area contributed by atoms with Gasteiger partial charge in [0, 0.05) is 12.6 Å². The standard InChI is InChI=1S/C14H21N3O2/c1-10-9-16-14(17-10)15-7-6-11-8-12(18-2)4-5-13(11)19-3/h4-5,8,10H,6-7,9H2,1-3H3,(H2,15,16,17). The first-order valence-corrected chi connectivity index (χ1v) is 6.48. The number of benzene rings is 1. The van der Waals surface area contributed by atoms with E-state index in [0.717, 1.165) is 42.5 Å². The van der Waals surface area contributed by atoms with Gasteiger partial charge >= 0.3 is 0 Å². The van der Waals surface area contributed by atoms with Gasteiger partial charge in [-0.2, -0.15) is 0 Å². The Morgan fingerprint density at radius 3 is 2.84 bits per heavy atom. The summed E-state index contributed by atoms with van der Waals surface area (Å²) in [6, 6.07) is 6.27. The van der Waals surface area contributed by atoms with Crippen LogP contribution >= 0.6 is 0 Å². The lowest BCUT2D eigenvalue weighted by Crippen LogP contribution is -2.38. The molecule has 0 fully saturated rings. The van der Waals surface area contributed by atoms with Crippen LogP contribution in [0.15, 0.2) is 23.2 Å². The SMILES string of the molecule is COc1ccc(OC)c(CCNC2=NCC(C)N2)c1. The molecule has 0 aromatic heterocycles. The molecule has 1 heterocycles. The van der Waals surface area contributed by atoms with Crippen LogP contribution in [-0.2, 0) is 6.42 Å². The number of hydrogen-bond acceptors (Lipinski definition) is 5. The maximum Gasteiger partial charge on any atom is 0.191 e. The Balaban J connectivity index is 1.91. The molecule has 1 aliphatic rings. The van der Waals surface area contributed by atoms with Crippen molar-refractivity contribution < 1.29 is 9.47 Å². The smallest absolute Gasteiger partial charge is 0.191 e. The predicted molar refractivity (Wildman–Crippen MR) is 76.2 cm³/mol. The van der Waals surface area contributed by atoms with Gasteiger partial charge in [0.2, 0.25) is 0 Å². The highest BCUT2D eigenvalue weighted by molar-refractivity contribution is 5.81. The van der Waals surface area contributed by atoms with Gasteiger partial charge in [-0.3, -0.25) is 4.99 Å². The fourth-order valence-corrected chi connectivity index (χ4v) is 2.05. The van der Waals surface area contributed by atoms with E-state index >= 15 is 0 Å². The van der Waals surface area contributed by atoms with E-state index in [1.807, 2.05) is 18.2 Å². The summed E-state index contributed by atoms with van der Waals surface area (Å²) in [5, 5.41) is 6.57. The number of aliphatic imine (C=N–C) groups is 1. The van der Waals surface area contributed by atoms with E-state index in [2.05, 4.69) is 22.5 Å². The summed E-state index contributed by atoms with van der Waals surface area (Å²) in [6.45, 7) is 3.76. The molecule has 1 atom stereocenters. The van der Waals surface area contributed by atoms with E-state index in [9.17, 15) is 0 Å². The van der Waals surface area contributed by atoms with Crippen molar-refractivity contribution in [3.63, 3.8) is 0 Å². The van der Waals surface area contributed by atoms with Gasteiger partial charge in [0.25, 0.3) is 0 Å². The molecule has 2 N–H and O–H groups in total. The molecule has 19 heavy (non-hydrogen) atoms. The van der Waals surface area contributed by atoms with Crippen LogP contribution in [0.4, 0.5) is 0 Å². The van der Waals surface area contributed by atoms with Crippen molar-refractivity contribution >= 4 is 5.96 Å². The highest BCUT2D eigenvalue weighted by atomic mass is 16.5. The third kappa shape index (κ3) is 3.53. The molecule has 104 valence electrons. The maximum absolute atomic E-state index is 5.36. The van der Waals surface area contributed by atoms with E-state index < -0.39 is 0 Å². The highest BCUT2D eigenvalue weighted by Crippen LogP contribution is 2.24. The lowest BCUT2D eigenvalue weighted by atomic mass is 10.1. The third-order valence-electron chi connectivity index (χ3n) is 3.08. The molecule has 2 rings (SSSR count). The number of methoxy groups -OCH3 is 2. The van der Waals surface area contributed by atoms with Crippen LogP contribution in [0.1, 0.15) is 12.5 Å². The van der Waals surface area contributed by atoms with Gasteiger partial charge in [0.05, 0.1) is 20.8 Å².